The smallest absolute Gasteiger partial charge is 0.305 e. The normalized spacial score (nSPS) is 16.2. The number of hydrogen-bond acceptors (Lipinski definition) is 4. The maximum absolute atomic E-state index is 12.4. The van der Waals surface area contributed by atoms with Gasteiger partial charge in [0.1, 0.15) is 0 Å². The van der Waals surface area contributed by atoms with E-state index in [-0.39, 0.29) is 24.9 Å². The van der Waals surface area contributed by atoms with Gasteiger partial charge >= 0.3 is 5.97 Å². The number of carbonyl (C=O) groups is 2. The summed E-state index contributed by atoms with van der Waals surface area (Å²) in [6.45, 7) is 1.52. The molecule has 104 valence electrons. The van der Waals surface area contributed by atoms with Crippen molar-refractivity contribution in [3.05, 3.63) is 22.4 Å². The van der Waals surface area contributed by atoms with Gasteiger partial charge in [-0.25, -0.2) is 0 Å². The van der Waals surface area contributed by atoms with Crippen LogP contribution in [-0.4, -0.2) is 47.7 Å². The van der Waals surface area contributed by atoms with Gasteiger partial charge in [-0.05, 0) is 24.3 Å². The van der Waals surface area contributed by atoms with Gasteiger partial charge in [0.15, 0.2) is 0 Å². The lowest BCUT2D eigenvalue weighted by molar-refractivity contribution is -0.137. The van der Waals surface area contributed by atoms with Crippen molar-refractivity contribution in [2.75, 3.05) is 19.8 Å². The van der Waals surface area contributed by atoms with E-state index in [4.69, 9.17) is 9.84 Å². The fourth-order valence-corrected chi connectivity index (χ4v) is 2.88. The zero-order chi connectivity index (χ0) is 13.7. The lowest BCUT2D eigenvalue weighted by Crippen LogP contribution is -2.44. The molecule has 1 aromatic rings. The van der Waals surface area contributed by atoms with Crippen molar-refractivity contribution >= 4 is 23.2 Å². The predicted octanol–water partition coefficient (Wildman–Crippen LogP) is 1.84. The average molecular weight is 283 g/mol. The van der Waals surface area contributed by atoms with Gasteiger partial charge in [0, 0.05) is 25.8 Å². The highest BCUT2D eigenvalue weighted by Gasteiger charge is 2.27. The first-order valence-electron chi connectivity index (χ1n) is 6.32. The number of ether oxygens (including phenoxy) is 1. The second-order valence-corrected chi connectivity index (χ2v) is 5.41. The number of amides is 1. The van der Waals surface area contributed by atoms with Crippen LogP contribution >= 0.6 is 11.3 Å². The lowest BCUT2D eigenvalue weighted by atomic mass is 10.1. The van der Waals surface area contributed by atoms with Crippen molar-refractivity contribution < 1.29 is 19.4 Å². The standard InChI is InChI=1S/C13H17NO4S/c15-12(16)3-6-14(10-4-7-18-8-5-10)13(17)11-2-1-9-19-11/h1-2,9-10H,3-8H2,(H,15,16). The van der Waals surface area contributed by atoms with Crippen LogP contribution in [0.15, 0.2) is 17.5 Å². The van der Waals surface area contributed by atoms with Gasteiger partial charge in [0.05, 0.1) is 11.3 Å². The maximum Gasteiger partial charge on any atom is 0.305 e. The molecule has 2 rings (SSSR count). The van der Waals surface area contributed by atoms with E-state index in [2.05, 4.69) is 0 Å². The maximum atomic E-state index is 12.4. The molecular formula is C13H17NO4S. The van der Waals surface area contributed by atoms with E-state index >= 15 is 0 Å². The molecule has 1 fully saturated rings. The number of carbonyl (C=O) groups excluding carboxylic acids is 1. The van der Waals surface area contributed by atoms with Gasteiger partial charge in [0.25, 0.3) is 5.91 Å². The van der Waals surface area contributed by atoms with Gasteiger partial charge in [-0.1, -0.05) is 6.07 Å². The van der Waals surface area contributed by atoms with Gasteiger partial charge in [-0.2, -0.15) is 0 Å². The Morgan fingerprint density at radius 3 is 2.74 bits per heavy atom. The minimum absolute atomic E-state index is 0.0194. The molecule has 0 unspecified atom stereocenters. The Hall–Kier alpha value is -1.40. The van der Waals surface area contributed by atoms with E-state index in [1.54, 1.807) is 11.0 Å². The van der Waals surface area contributed by atoms with Gasteiger partial charge in [-0.15, -0.1) is 11.3 Å². The van der Waals surface area contributed by atoms with Crippen LogP contribution in [0.4, 0.5) is 0 Å². The summed E-state index contributed by atoms with van der Waals surface area (Å²) < 4.78 is 5.29. The van der Waals surface area contributed by atoms with E-state index in [0.717, 1.165) is 12.8 Å². The number of carboxylic acid groups (broad SMARTS) is 1. The van der Waals surface area contributed by atoms with Gasteiger partial charge in [0.2, 0.25) is 0 Å². The summed E-state index contributed by atoms with van der Waals surface area (Å²) in [5.41, 5.74) is 0. The van der Waals surface area contributed by atoms with E-state index in [1.807, 2.05) is 11.4 Å². The second-order valence-electron chi connectivity index (χ2n) is 4.46. The third-order valence-electron chi connectivity index (χ3n) is 3.19. The molecule has 5 nitrogen and oxygen atoms in total. The molecule has 6 heteroatoms. The first kappa shape index (κ1) is 14.0. The zero-order valence-corrected chi connectivity index (χ0v) is 11.4. The monoisotopic (exact) mass is 283 g/mol. The zero-order valence-electron chi connectivity index (χ0n) is 10.6. The Balaban J connectivity index is 2.08. The van der Waals surface area contributed by atoms with Crippen molar-refractivity contribution in [3.8, 4) is 0 Å². The quantitative estimate of drug-likeness (QED) is 0.895. The summed E-state index contributed by atoms with van der Waals surface area (Å²) >= 11 is 1.39. The highest BCUT2D eigenvalue weighted by atomic mass is 32.1. The molecule has 0 saturated carbocycles. The third-order valence-corrected chi connectivity index (χ3v) is 4.05. The number of carboxylic acids is 1. The first-order chi connectivity index (χ1) is 9.18. The van der Waals surface area contributed by atoms with Crippen molar-refractivity contribution in [1.82, 2.24) is 4.90 Å². The Bertz CT molecular complexity index is 426. The summed E-state index contributed by atoms with van der Waals surface area (Å²) in [7, 11) is 0. The van der Waals surface area contributed by atoms with Crippen molar-refractivity contribution in [3.63, 3.8) is 0 Å². The fraction of sp³-hybridized carbons (Fsp3) is 0.538. The Morgan fingerprint density at radius 1 is 1.42 bits per heavy atom. The largest absolute Gasteiger partial charge is 0.481 e. The Kier molecular flexibility index (Phi) is 4.93. The number of thiophene rings is 1. The predicted molar refractivity (Wildman–Crippen MR) is 71.4 cm³/mol. The van der Waals surface area contributed by atoms with Crippen LogP contribution in [0.1, 0.15) is 28.9 Å². The molecule has 19 heavy (non-hydrogen) atoms. The van der Waals surface area contributed by atoms with E-state index < -0.39 is 5.97 Å². The molecular weight excluding hydrogens is 266 g/mol. The molecule has 0 radical (unpaired) electrons. The molecule has 1 N–H and O–H groups in total. The topological polar surface area (TPSA) is 66.8 Å². The van der Waals surface area contributed by atoms with Crippen LogP contribution in [0.5, 0.6) is 0 Å². The molecule has 1 aromatic heterocycles. The van der Waals surface area contributed by atoms with Crippen LogP contribution in [-0.2, 0) is 9.53 Å². The highest BCUT2D eigenvalue weighted by Crippen LogP contribution is 2.20. The van der Waals surface area contributed by atoms with E-state index in [1.165, 1.54) is 11.3 Å². The number of rotatable bonds is 5. The summed E-state index contributed by atoms with van der Waals surface area (Å²) in [6, 6.07) is 3.69. The summed E-state index contributed by atoms with van der Waals surface area (Å²) in [4.78, 5) is 25.5. The minimum atomic E-state index is -0.879. The van der Waals surface area contributed by atoms with Crippen LogP contribution in [0.25, 0.3) is 0 Å². The number of aliphatic carboxylic acids is 1. The van der Waals surface area contributed by atoms with Crippen LogP contribution in [0, 0.1) is 0 Å². The van der Waals surface area contributed by atoms with Crippen molar-refractivity contribution in [1.29, 1.82) is 0 Å². The SMILES string of the molecule is O=C(O)CCN(C(=O)c1cccs1)C1CCOCC1. The van der Waals surface area contributed by atoms with Crippen molar-refractivity contribution in [2.45, 2.75) is 25.3 Å². The van der Waals surface area contributed by atoms with Crippen LogP contribution in [0.2, 0.25) is 0 Å². The highest BCUT2D eigenvalue weighted by molar-refractivity contribution is 7.12. The molecule has 1 amide bonds. The van der Waals surface area contributed by atoms with E-state index in [0.29, 0.717) is 18.1 Å². The Morgan fingerprint density at radius 2 is 2.16 bits per heavy atom. The summed E-state index contributed by atoms with van der Waals surface area (Å²) in [5, 5.41) is 10.7. The Labute approximate surface area is 115 Å². The fourth-order valence-electron chi connectivity index (χ4n) is 2.20. The third kappa shape index (κ3) is 3.78. The molecule has 0 spiro atoms. The number of nitrogens with zero attached hydrogens (tertiary/aromatic N) is 1. The summed E-state index contributed by atoms with van der Waals surface area (Å²) in [5.74, 6) is -0.945. The van der Waals surface area contributed by atoms with Crippen LogP contribution < -0.4 is 0 Å². The van der Waals surface area contributed by atoms with Crippen molar-refractivity contribution in [2.24, 2.45) is 0 Å². The molecule has 1 aliphatic heterocycles. The molecule has 1 saturated heterocycles. The molecule has 0 atom stereocenters. The lowest BCUT2D eigenvalue weighted by Gasteiger charge is -2.33. The molecule has 2 heterocycles. The van der Waals surface area contributed by atoms with Gasteiger partial charge < -0.3 is 14.7 Å². The van der Waals surface area contributed by atoms with E-state index in [9.17, 15) is 9.59 Å². The number of hydrogen-bond donors (Lipinski definition) is 1. The first-order valence-corrected chi connectivity index (χ1v) is 7.20. The van der Waals surface area contributed by atoms with Gasteiger partial charge in [-0.3, -0.25) is 9.59 Å². The van der Waals surface area contributed by atoms with Crippen LogP contribution in [0.3, 0.4) is 0 Å². The molecule has 0 aromatic carbocycles. The molecule has 0 aliphatic carbocycles. The summed E-state index contributed by atoms with van der Waals surface area (Å²) in [6.07, 6.45) is 1.53. The molecule has 0 bridgehead atoms. The second kappa shape index (κ2) is 6.68. The minimum Gasteiger partial charge on any atom is -0.481 e. The molecule has 1 aliphatic rings. The average Bonchev–Trinajstić information content (AvgIpc) is 2.93.